The summed E-state index contributed by atoms with van der Waals surface area (Å²) in [6, 6.07) is 15.4. The van der Waals surface area contributed by atoms with Crippen LogP contribution in [0.3, 0.4) is 0 Å². The largest absolute Gasteiger partial charge is 0.348 e. The number of amides is 1. The van der Waals surface area contributed by atoms with E-state index in [2.05, 4.69) is 20.5 Å². The maximum absolute atomic E-state index is 12.8. The van der Waals surface area contributed by atoms with Gasteiger partial charge in [0, 0.05) is 25.1 Å². The minimum Gasteiger partial charge on any atom is -0.348 e. The number of carbonyl (C=O) groups excluding carboxylic acids is 1. The number of benzene rings is 1. The van der Waals surface area contributed by atoms with Crippen molar-refractivity contribution in [1.82, 2.24) is 29.9 Å². The van der Waals surface area contributed by atoms with Crippen molar-refractivity contribution in [2.24, 2.45) is 0 Å². The lowest BCUT2D eigenvalue weighted by molar-refractivity contribution is 0.0950. The molecule has 7 heteroatoms. The third-order valence-electron chi connectivity index (χ3n) is 4.45. The summed E-state index contributed by atoms with van der Waals surface area (Å²) in [7, 11) is 0. The summed E-state index contributed by atoms with van der Waals surface area (Å²) < 4.78 is 3.50. The van der Waals surface area contributed by atoms with Crippen LogP contribution >= 0.6 is 0 Å². The van der Waals surface area contributed by atoms with Gasteiger partial charge in [0.25, 0.3) is 5.91 Å². The van der Waals surface area contributed by atoms with Crippen LogP contribution in [0.25, 0.3) is 11.5 Å². The quantitative estimate of drug-likeness (QED) is 0.564. The Morgan fingerprint density at radius 1 is 1.07 bits per heavy atom. The third-order valence-corrected chi connectivity index (χ3v) is 4.45. The van der Waals surface area contributed by atoms with Gasteiger partial charge in [0.2, 0.25) is 0 Å². The lowest BCUT2D eigenvalue weighted by Gasteiger charge is -2.09. The van der Waals surface area contributed by atoms with Crippen molar-refractivity contribution in [2.45, 2.75) is 19.9 Å². The number of hydrogen-bond acceptors (Lipinski definition) is 4. The molecule has 0 bridgehead atoms. The number of carbonyl (C=O) groups is 1. The van der Waals surface area contributed by atoms with Crippen LogP contribution < -0.4 is 5.32 Å². The second-order valence-electron chi connectivity index (χ2n) is 6.26. The van der Waals surface area contributed by atoms with E-state index in [9.17, 15) is 4.79 Å². The van der Waals surface area contributed by atoms with Crippen molar-refractivity contribution in [2.75, 3.05) is 0 Å². The Bertz CT molecular complexity index is 1070. The second-order valence-corrected chi connectivity index (χ2v) is 6.26. The minimum atomic E-state index is -0.142. The summed E-state index contributed by atoms with van der Waals surface area (Å²) >= 11 is 0. The summed E-state index contributed by atoms with van der Waals surface area (Å²) in [5.74, 6) is 0.569. The Balaban J connectivity index is 1.51. The molecule has 3 aromatic heterocycles. The molecule has 0 unspecified atom stereocenters. The van der Waals surface area contributed by atoms with Crippen LogP contribution in [0, 0.1) is 0 Å². The highest BCUT2D eigenvalue weighted by molar-refractivity contribution is 5.95. The van der Waals surface area contributed by atoms with Crippen LogP contribution in [0.5, 0.6) is 0 Å². The lowest BCUT2D eigenvalue weighted by atomic mass is 10.1. The zero-order valence-corrected chi connectivity index (χ0v) is 15.5. The standard InChI is InChI=1S/C21H20N6O/c1-2-19-18(15-25-27(19)17-7-4-3-5-8-17)21(28)23-14-16-9-11-22-20(13-16)26-12-6-10-24-26/h3-13,15H,2,14H2,1H3,(H,23,28). The average molecular weight is 372 g/mol. The van der Waals surface area contributed by atoms with E-state index in [0.717, 1.165) is 16.9 Å². The number of rotatable bonds is 6. The van der Waals surface area contributed by atoms with E-state index in [0.29, 0.717) is 24.3 Å². The maximum atomic E-state index is 12.8. The molecule has 28 heavy (non-hydrogen) atoms. The molecular weight excluding hydrogens is 352 g/mol. The van der Waals surface area contributed by atoms with Gasteiger partial charge in [-0.3, -0.25) is 4.79 Å². The van der Waals surface area contributed by atoms with Gasteiger partial charge in [-0.15, -0.1) is 0 Å². The minimum absolute atomic E-state index is 0.142. The molecule has 0 atom stereocenters. The summed E-state index contributed by atoms with van der Waals surface area (Å²) in [6.07, 6.45) is 7.58. The summed E-state index contributed by atoms with van der Waals surface area (Å²) in [6.45, 7) is 2.42. The molecule has 0 saturated carbocycles. The van der Waals surface area contributed by atoms with Gasteiger partial charge in [0.05, 0.1) is 23.1 Å². The van der Waals surface area contributed by atoms with Crippen molar-refractivity contribution in [3.8, 4) is 11.5 Å². The Morgan fingerprint density at radius 2 is 1.93 bits per heavy atom. The SMILES string of the molecule is CCc1c(C(=O)NCc2ccnc(-n3cccn3)c2)cnn1-c1ccccc1. The fourth-order valence-corrected chi connectivity index (χ4v) is 3.07. The molecule has 3 heterocycles. The Hall–Kier alpha value is -3.74. The van der Waals surface area contributed by atoms with Crippen molar-refractivity contribution < 1.29 is 4.79 Å². The van der Waals surface area contributed by atoms with E-state index in [-0.39, 0.29) is 5.91 Å². The van der Waals surface area contributed by atoms with Crippen LogP contribution in [0.4, 0.5) is 0 Å². The van der Waals surface area contributed by atoms with Gasteiger partial charge in [-0.05, 0) is 42.3 Å². The molecule has 1 aromatic carbocycles. The zero-order chi connectivity index (χ0) is 19.3. The van der Waals surface area contributed by atoms with Crippen LogP contribution in [-0.2, 0) is 13.0 Å². The molecule has 7 nitrogen and oxygen atoms in total. The summed E-state index contributed by atoms with van der Waals surface area (Å²) in [5, 5.41) is 11.6. The van der Waals surface area contributed by atoms with Crippen LogP contribution in [0.2, 0.25) is 0 Å². The monoisotopic (exact) mass is 372 g/mol. The van der Waals surface area contributed by atoms with Crippen molar-refractivity contribution in [3.63, 3.8) is 0 Å². The van der Waals surface area contributed by atoms with E-state index in [1.807, 2.05) is 66.3 Å². The first-order valence-corrected chi connectivity index (χ1v) is 9.11. The molecule has 4 aromatic rings. The molecule has 0 spiro atoms. The van der Waals surface area contributed by atoms with Gasteiger partial charge in [0.15, 0.2) is 5.82 Å². The van der Waals surface area contributed by atoms with Crippen molar-refractivity contribution >= 4 is 5.91 Å². The summed E-state index contributed by atoms with van der Waals surface area (Å²) in [4.78, 5) is 17.1. The van der Waals surface area contributed by atoms with Crippen LogP contribution in [0.15, 0.2) is 73.3 Å². The highest BCUT2D eigenvalue weighted by atomic mass is 16.1. The number of aromatic nitrogens is 5. The van der Waals surface area contributed by atoms with E-state index in [4.69, 9.17) is 0 Å². The molecule has 0 aliphatic carbocycles. The fraction of sp³-hybridized carbons (Fsp3) is 0.143. The predicted molar refractivity (Wildman–Crippen MR) is 105 cm³/mol. The van der Waals surface area contributed by atoms with Gasteiger partial charge >= 0.3 is 0 Å². The second kappa shape index (κ2) is 7.87. The Morgan fingerprint density at radius 3 is 2.68 bits per heavy atom. The first-order chi connectivity index (χ1) is 13.8. The van der Waals surface area contributed by atoms with Crippen LogP contribution in [0.1, 0.15) is 28.5 Å². The lowest BCUT2D eigenvalue weighted by Crippen LogP contribution is -2.24. The molecule has 4 rings (SSSR count). The normalized spacial score (nSPS) is 10.8. The summed E-state index contributed by atoms with van der Waals surface area (Å²) in [5.41, 5.74) is 3.36. The molecular formula is C21H20N6O. The molecule has 140 valence electrons. The Labute approximate surface area is 162 Å². The third kappa shape index (κ3) is 3.55. The number of nitrogens with one attached hydrogen (secondary N) is 1. The van der Waals surface area contributed by atoms with E-state index in [1.165, 1.54) is 0 Å². The average Bonchev–Trinajstić information content (AvgIpc) is 3.42. The van der Waals surface area contributed by atoms with Gasteiger partial charge in [-0.25, -0.2) is 14.3 Å². The van der Waals surface area contributed by atoms with Crippen molar-refractivity contribution in [1.29, 1.82) is 0 Å². The smallest absolute Gasteiger partial charge is 0.255 e. The number of hydrogen-bond donors (Lipinski definition) is 1. The number of nitrogens with zero attached hydrogens (tertiary/aromatic N) is 5. The first-order valence-electron chi connectivity index (χ1n) is 9.11. The first kappa shape index (κ1) is 17.7. The molecule has 0 aliphatic heterocycles. The van der Waals surface area contributed by atoms with E-state index in [1.54, 1.807) is 23.3 Å². The highest BCUT2D eigenvalue weighted by Gasteiger charge is 2.17. The van der Waals surface area contributed by atoms with E-state index >= 15 is 0 Å². The van der Waals surface area contributed by atoms with Gasteiger partial charge in [-0.2, -0.15) is 10.2 Å². The maximum Gasteiger partial charge on any atom is 0.255 e. The molecule has 0 fully saturated rings. The van der Waals surface area contributed by atoms with Crippen molar-refractivity contribution in [3.05, 3.63) is 90.1 Å². The van der Waals surface area contributed by atoms with Crippen LogP contribution in [-0.4, -0.2) is 30.5 Å². The van der Waals surface area contributed by atoms with E-state index < -0.39 is 0 Å². The highest BCUT2D eigenvalue weighted by Crippen LogP contribution is 2.16. The van der Waals surface area contributed by atoms with Gasteiger partial charge in [-0.1, -0.05) is 25.1 Å². The molecule has 1 N–H and O–H groups in total. The topological polar surface area (TPSA) is 77.6 Å². The molecule has 0 saturated heterocycles. The zero-order valence-electron chi connectivity index (χ0n) is 15.5. The molecule has 0 radical (unpaired) electrons. The number of pyridine rings is 1. The fourth-order valence-electron chi connectivity index (χ4n) is 3.07. The predicted octanol–water partition coefficient (Wildman–Crippen LogP) is 2.95. The molecule has 1 amide bonds. The Kier molecular flexibility index (Phi) is 4.97. The van der Waals surface area contributed by atoms with Gasteiger partial charge in [0.1, 0.15) is 0 Å². The number of para-hydroxylation sites is 1. The molecule has 0 aliphatic rings. The van der Waals surface area contributed by atoms with Gasteiger partial charge < -0.3 is 5.32 Å².